The Morgan fingerprint density at radius 2 is 1.97 bits per heavy atom. The first-order chi connectivity index (χ1) is 14.4. The normalized spacial score (nSPS) is 23.0. The Bertz CT molecular complexity index is 1010. The van der Waals surface area contributed by atoms with Crippen molar-refractivity contribution in [3.63, 3.8) is 0 Å². The molecule has 1 amide bonds. The first-order valence-electron chi connectivity index (χ1n) is 10.4. The Balaban J connectivity index is 1.35. The summed E-state index contributed by atoms with van der Waals surface area (Å²) in [7, 11) is 0. The fraction of sp³-hybridized carbons (Fsp3) is 0.524. The van der Waals surface area contributed by atoms with Gasteiger partial charge in [-0.1, -0.05) is 23.2 Å². The van der Waals surface area contributed by atoms with Gasteiger partial charge in [-0.15, -0.1) is 0 Å². The molecule has 0 unspecified atom stereocenters. The van der Waals surface area contributed by atoms with Crippen molar-refractivity contribution in [1.29, 1.82) is 0 Å². The molecule has 2 fully saturated rings. The van der Waals surface area contributed by atoms with Crippen molar-refractivity contribution in [1.82, 2.24) is 19.9 Å². The molecular weight excluding hydrogens is 423 g/mol. The van der Waals surface area contributed by atoms with Gasteiger partial charge in [0.15, 0.2) is 0 Å². The molecule has 5 heterocycles. The minimum Gasteiger partial charge on any atom is -0.369 e. The molecule has 5 rings (SSSR count). The van der Waals surface area contributed by atoms with Crippen LogP contribution in [0.25, 0.3) is 0 Å². The van der Waals surface area contributed by atoms with Crippen LogP contribution in [0.5, 0.6) is 0 Å². The van der Waals surface area contributed by atoms with Gasteiger partial charge >= 0.3 is 0 Å². The van der Waals surface area contributed by atoms with Gasteiger partial charge in [0.1, 0.15) is 16.8 Å². The molecule has 0 bridgehead atoms. The van der Waals surface area contributed by atoms with Crippen LogP contribution in [0.2, 0.25) is 10.2 Å². The zero-order chi connectivity index (χ0) is 21.0. The van der Waals surface area contributed by atoms with Gasteiger partial charge in [0.25, 0.3) is 0 Å². The second-order valence-electron chi connectivity index (χ2n) is 8.33. The van der Waals surface area contributed by atoms with Crippen LogP contribution in [0.3, 0.4) is 0 Å². The lowest BCUT2D eigenvalue weighted by molar-refractivity contribution is -0.137. The minimum atomic E-state index is -0.0775. The van der Waals surface area contributed by atoms with E-state index in [0.717, 1.165) is 54.6 Å². The topological polar surface area (TPSA) is 65.5 Å². The van der Waals surface area contributed by atoms with Crippen LogP contribution >= 0.6 is 23.2 Å². The smallest absolute Gasteiger partial charge is 0.228 e. The Morgan fingerprint density at radius 1 is 1.17 bits per heavy atom. The second kappa shape index (κ2) is 7.54. The van der Waals surface area contributed by atoms with E-state index in [4.69, 9.17) is 28.2 Å². The molecule has 0 radical (unpaired) electrons. The summed E-state index contributed by atoms with van der Waals surface area (Å²) >= 11 is 12.4. The SMILES string of the molecule is Cc1nc2c(c(N3CCC3)n1)[C@@H](C)N(C(=O)[C@@H]1CCN(c3cc(Cl)ncc3Cl)C1)C2. The highest BCUT2D eigenvalue weighted by Gasteiger charge is 2.40. The minimum absolute atomic E-state index is 0.0169. The molecule has 2 atom stereocenters. The highest BCUT2D eigenvalue weighted by atomic mass is 35.5. The number of pyridine rings is 1. The van der Waals surface area contributed by atoms with Gasteiger partial charge < -0.3 is 14.7 Å². The van der Waals surface area contributed by atoms with Crippen molar-refractivity contribution in [3.8, 4) is 0 Å². The zero-order valence-electron chi connectivity index (χ0n) is 17.1. The highest BCUT2D eigenvalue weighted by Crippen LogP contribution is 2.41. The predicted molar refractivity (Wildman–Crippen MR) is 117 cm³/mol. The standard InChI is InChI=1S/C21H24Cl2N6O/c1-12-19-16(25-13(2)26-20(19)27-5-3-6-27)11-29(12)21(30)14-4-7-28(10-14)17-8-18(23)24-9-15(17)22/h8-9,12,14H,3-7,10-11H2,1-2H3/t12-,14-/m1/s1. The Morgan fingerprint density at radius 3 is 2.70 bits per heavy atom. The van der Waals surface area contributed by atoms with E-state index < -0.39 is 0 Å². The van der Waals surface area contributed by atoms with Crippen molar-refractivity contribution in [2.45, 2.75) is 39.3 Å². The molecule has 9 heteroatoms. The number of amides is 1. The molecule has 3 aliphatic heterocycles. The van der Waals surface area contributed by atoms with E-state index in [9.17, 15) is 4.79 Å². The van der Waals surface area contributed by atoms with Crippen LogP contribution in [-0.2, 0) is 11.3 Å². The van der Waals surface area contributed by atoms with Crippen LogP contribution in [0.1, 0.15) is 42.9 Å². The van der Waals surface area contributed by atoms with Crippen molar-refractivity contribution < 1.29 is 4.79 Å². The molecule has 2 saturated heterocycles. The second-order valence-corrected chi connectivity index (χ2v) is 9.12. The number of aromatic nitrogens is 3. The van der Waals surface area contributed by atoms with Gasteiger partial charge in [0.2, 0.25) is 5.91 Å². The van der Waals surface area contributed by atoms with Gasteiger partial charge in [-0.25, -0.2) is 15.0 Å². The molecule has 0 aromatic carbocycles. The van der Waals surface area contributed by atoms with E-state index in [1.807, 2.05) is 11.8 Å². The van der Waals surface area contributed by atoms with Gasteiger partial charge in [-0.05, 0) is 26.7 Å². The fourth-order valence-corrected chi connectivity index (χ4v) is 5.10. The van der Waals surface area contributed by atoms with Crippen molar-refractivity contribution in [2.24, 2.45) is 5.92 Å². The lowest BCUT2D eigenvalue weighted by Gasteiger charge is -2.34. The van der Waals surface area contributed by atoms with E-state index in [0.29, 0.717) is 23.3 Å². The largest absolute Gasteiger partial charge is 0.369 e. The molecule has 7 nitrogen and oxygen atoms in total. The van der Waals surface area contributed by atoms with Gasteiger partial charge in [0, 0.05) is 44.0 Å². The molecule has 0 saturated carbocycles. The number of anilines is 2. The summed E-state index contributed by atoms with van der Waals surface area (Å²) < 4.78 is 0. The van der Waals surface area contributed by atoms with Crippen LogP contribution < -0.4 is 9.80 Å². The van der Waals surface area contributed by atoms with Crippen LogP contribution in [0, 0.1) is 12.8 Å². The molecule has 2 aromatic rings. The monoisotopic (exact) mass is 446 g/mol. The maximum atomic E-state index is 13.5. The van der Waals surface area contributed by atoms with Gasteiger partial charge in [-0.3, -0.25) is 4.79 Å². The highest BCUT2D eigenvalue weighted by molar-refractivity contribution is 6.34. The molecule has 30 heavy (non-hydrogen) atoms. The molecular formula is C21H24Cl2N6O. The number of nitrogens with zero attached hydrogens (tertiary/aromatic N) is 6. The fourth-order valence-electron chi connectivity index (χ4n) is 4.72. The Labute approximate surface area is 186 Å². The summed E-state index contributed by atoms with van der Waals surface area (Å²) in [6.45, 7) is 8.02. The number of hydrogen-bond donors (Lipinski definition) is 0. The quantitative estimate of drug-likeness (QED) is 0.670. The maximum Gasteiger partial charge on any atom is 0.228 e. The van der Waals surface area contributed by atoms with E-state index in [-0.39, 0.29) is 17.9 Å². The summed E-state index contributed by atoms with van der Waals surface area (Å²) in [6, 6.07) is 1.75. The van der Waals surface area contributed by atoms with E-state index in [1.165, 1.54) is 6.42 Å². The van der Waals surface area contributed by atoms with Crippen LogP contribution in [0.15, 0.2) is 12.3 Å². The number of hydrogen-bond acceptors (Lipinski definition) is 6. The summed E-state index contributed by atoms with van der Waals surface area (Å²) in [5.74, 6) is 1.88. The van der Waals surface area contributed by atoms with Crippen molar-refractivity contribution >= 4 is 40.6 Å². The number of rotatable bonds is 3. The van der Waals surface area contributed by atoms with Crippen molar-refractivity contribution in [3.05, 3.63) is 39.5 Å². The van der Waals surface area contributed by atoms with E-state index >= 15 is 0 Å². The first kappa shape index (κ1) is 19.8. The summed E-state index contributed by atoms with van der Waals surface area (Å²) in [5, 5.41) is 0.958. The third kappa shape index (κ3) is 3.28. The van der Waals surface area contributed by atoms with E-state index in [1.54, 1.807) is 12.3 Å². The zero-order valence-corrected chi connectivity index (χ0v) is 18.6. The van der Waals surface area contributed by atoms with E-state index in [2.05, 4.69) is 26.7 Å². The average molecular weight is 447 g/mol. The number of carbonyl (C=O) groups excluding carboxylic acids is 1. The predicted octanol–water partition coefficient (Wildman–Crippen LogP) is 3.63. The maximum absolute atomic E-state index is 13.5. The summed E-state index contributed by atoms with van der Waals surface area (Å²) in [6.07, 6.45) is 3.54. The third-order valence-corrected chi connectivity index (χ3v) is 6.94. The van der Waals surface area contributed by atoms with Gasteiger partial charge in [-0.2, -0.15) is 0 Å². The molecule has 158 valence electrons. The number of halogens is 2. The average Bonchev–Trinajstić information content (AvgIpc) is 3.27. The molecule has 3 aliphatic rings. The lowest BCUT2D eigenvalue weighted by Crippen LogP contribution is -2.39. The molecule has 0 spiro atoms. The van der Waals surface area contributed by atoms with Crippen LogP contribution in [-0.4, -0.2) is 51.9 Å². The first-order valence-corrected chi connectivity index (χ1v) is 11.2. The Kier molecular flexibility index (Phi) is 4.98. The summed E-state index contributed by atoms with van der Waals surface area (Å²) in [5.41, 5.74) is 2.95. The number of aryl methyl sites for hydroxylation is 1. The Hall–Kier alpha value is -2.12. The molecule has 0 N–H and O–H groups in total. The lowest BCUT2D eigenvalue weighted by atomic mass is 10.1. The molecule has 2 aromatic heterocycles. The number of carbonyl (C=O) groups is 1. The van der Waals surface area contributed by atoms with Gasteiger partial charge in [0.05, 0.1) is 34.9 Å². The molecule has 0 aliphatic carbocycles. The van der Waals surface area contributed by atoms with Crippen molar-refractivity contribution in [2.75, 3.05) is 36.0 Å². The van der Waals surface area contributed by atoms with Crippen LogP contribution in [0.4, 0.5) is 11.5 Å². The summed E-state index contributed by atoms with van der Waals surface area (Å²) in [4.78, 5) is 33.3. The number of fused-ring (bicyclic) bond motifs is 1. The third-order valence-electron chi connectivity index (χ3n) is 6.44.